The largest absolute Gasteiger partial charge is 0.106 e. The van der Waals surface area contributed by atoms with E-state index in [1.807, 2.05) is 0 Å². The zero-order chi connectivity index (χ0) is 14.4. The Morgan fingerprint density at radius 2 is 1.80 bits per heavy atom. The van der Waals surface area contributed by atoms with Crippen LogP contribution in [0, 0.1) is 0 Å². The maximum Gasteiger partial charge on any atom is -0.00883 e. The molecule has 1 aliphatic carbocycles. The van der Waals surface area contributed by atoms with Crippen molar-refractivity contribution in [3.8, 4) is 0 Å². The van der Waals surface area contributed by atoms with Crippen LogP contribution in [0.2, 0.25) is 0 Å². The molecule has 0 bridgehead atoms. The molecule has 20 heavy (non-hydrogen) atoms. The maximum atomic E-state index is 3.00. The molecule has 0 radical (unpaired) electrons. The minimum atomic E-state index is 1.05. The van der Waals surface area contributed by atoms with Crippen molar-refractivity contribution in [1.82, 2.24) is 0 Å². The average molecular weight is 260 g/mol. The summed E-state index contributed by atoms with van der Waals surface area (Å²) >= 11 is 0. The van der Waals surface area contributed by atoms with Crippen molar-refractivity contribution in [3.05, 3.63) is 91.1 Å². The first kappa shape index (κ1) is 14.1. The van der Waals surface area contributed by atoms with Crippen molar-refractivity contribution in [2.24, 2.45) is 0 Å². The molecule has 0 amide bonds. The predicted octanol–water partition coefficient (Wildman–Crippen LogP) is 5.93. The molecule has 0 atom stereocenters. The van der Waals surface area contributed by atoms with Crippen LogP contribution in [0.15, 0.2) is 85.5 Å². The molecule has 0 unspecified atom stereocenters. The van der Waals surface area contributed by atoms with Crippen LogP contribution in [0.4, 0.5) is 0 Å². The van der Waals surface area contributed by atoms with Gasteiger partial charge in [-0.3, -0.25) is 0 Å². The fraction of sp³-hybridized carbons (Fsp3) is 0.100. The highest BCUT2D eigenvalue weighted by Gasteiger charge is 2.08. The van der Waals surface area contributed by atoms with Gasteiger partial charge >= 0.3 is 0 Å². The lowest BCUT2D eigenvalue weighted by Gasteiger charge is -2.10. The standard InChI is InChI=1S/C18H16.C2H4/c1-2-18(15-8-4-5-9-15)17-12-11-14-7-3-6-10-16(14)13-17;1-2/h2-8,10-13H,9H2,1H3;1-2H2/b18-2+;. The molecular weight excluding hydrogens is 240 g/mol. The lowest BCUT2D eigenvalue weighted by Crippen LogP contribution is -1.88. The molecule has 0 nitrogen and oxygen atoms in total. The Morgan fingerprint density at radius 1 is 1.05 bits per heavy atom. The third-order valence-electron chi connectivity index (χ3n) is 3.47. The molecule has 100 valence electrons. The zero-order valence-electron chi connectivity index (χ0n) is 12.0. The van der Waals surface area contributed by atoms with Gasteiger partial charge in [0.2, 0.25) is 0 Å². The first-order valence-electron chi connectivity index (χ1n) is 6.90. The normalized spacial score (nSPS) is 13.8. The van der Waals surface area contributed by atoms with Crippen LogP contribution in [-0.4, -0.2) is 0 Å². The van der Waals surface area contributed by atoms with E-state index in [9.17, 15) is 0 Å². The van der Waals surface area contributed by atoms with Gasteiger partial charge in [0.1, 0.15) is 0 Å². The third kappa shape index (κ3) is 2.80. The Morgan fingerprint density at radius 3 is 2.45 bits per heavy atom. The Kier molecular flexibility index (Phi) is 4.73. The molecule has 0 heterocycles. The molecule has 0 N–H and O–H groups in total. The topological polar surface area (TPSA) is 0 Å². The second-order valence-corrected chi connectivity index (χ2v) is 4.59. The predicted molar refractivity (Wildman–Crippen MR) is 90.7 cm³/mol. The summed E-state index contributed by atoms with van der Waals surface area (Å²) in [7, 11) is 0. The van der Waals surface area contributed by atoms with Gasteiger partial charge in [0, 0.05) is 0 Å². The zero-order valence-corrected chi connectivity index (χ0v) is 12.0. The van der Waals surface area contributed by atoms with Gasteiger partial charge in [-0.25, -0.2) is 0 Å². The average Bonchev–Trinajstić information content (AvgIpc) is 3.04. The Bertz CT molecular complexity index is 684. The molecule has 0 fully saturated rings. The van der Waals surface area contributed by atoms with Gasteiger partial charge in [-0.1, -0.05) is 60.7 Å². The summed E-state index contributed by atoms with van der Waals surface area (Å²) in [5.41, 5.74) is 4.07. The molecule has 0 aliphatic heterocycles. The number of rotatable bonds is 2. The lowest BCUT2D eigenvalue weighted by molar-refractivity contribution is 1.33. The van der Waals surface area contributed by atoms with Crippen molar-refractivity contribution in [1.29, 1.82) is 0 Å². The van der Waals surface area contributed by atoms with Gasteiger partial charge in [0.05, 0.1) is 0 Å². The highest BCUT2D eigenvalue weighted by Crippen LogP contribution is 2.30. The molecule has 0 heteroatoms. The molecule has 0 aromatic heterocycles. The van der Waals surface area contributed by atoms with E-state index >= 15 is 0 Å². The monoisotopic (exact) mass is 260 g/mol. The van der Waals surface area contributed by atoms with Gasteiger partial charge in [-0.2, -0.15) is 0 Å². The van der Waals surface area contributed by atoms with Crippen molar-refractivity contribution < 1.29 is 0 Å². The number of hydrogen-bond acceptors (Lipinski definition) is 0. The second kappa shape index (κ2) is 6.72. The molecular formula is C20H20. The third-order valence-corrected chi connectivity index (χ3v) is 3.47. The Labute approximate surface area is 121 Å². The van der Waals surface area contributed by atoms with Crippen LogP contribution in [-0.2, 0) is 0 Å². The lowest BCUT2D eigenvalue weighted by atomic mass is 9.95. The molecule has 1 aliphatic rings. The summed E-state index contributed by atoms with van der Waals surface area (Å²) in [4.78, 5) is 0. The van der Waals surface area contributed by atoms with E-state index < -0.39 is 0 Å². The molecule has 2 aromatic rings. The van der Waals surface area contributed by atoms with E-state index in [-0.39, 0.29) is 0 Å². The summed E-state index contributed by atoms with van der Waals surface area (Å²) in [6.07, 6.45) is 9.82. The summed E-state index contributed by atoms with van der Waals surface area (Å²) in [6.45, 7) is 8.11. The Hall–Kier alpha value is -2.34. The quantitative estimate of drug-likeness (QED) is 0.587. The van der Waals surface area contributed by atoms with E-state index in [0.717, 1.165) is 6.42 Å². The first-order valence-corrected chi connectivity index (χ1v) is 6.90. The fourth-order valence-corrected chi connectivity index (χ4v) is 2.54. The van der Waals surface area contributed by atoms with Crippen molar-refractivity contribution in [2.45, 2.75) is 13.3 Å². The summed E-state index contributed by atoms with van der Waals surface area (Å²) in [5, 5.41) is 2.61. The highest BCUT2D eigenvalue weighted by molar-refractivity contribution is 5.89. The van der Waals surface area contributed by atoms with Gasteiger partial charge in [0.25, 0.3) is 0 Å². The van der Waals surface area contributed by atoms with Crippen LogP contribution in [0.25, 0.3) is 16.3 Å². The number of fused-ring (bicyclic) bond motifs is 1. The van der Waals surface area contributed by atoms with Crippen LogP contribution in [0.1, 0.15) is 18.9 Å². The summed E-state index contributed by atoms with van der Waals surface area (Å²) < 4.78 is 0. The van der Waals surface area contributed by atoms with E-state index in [2.05, 4.69) is 86.9 Å². The first-order chi connectivity index (χ1) is 9.88. The minimum Gasteiger partial charge on any atom is -0.106 e. The van der Waals surface area contributed by atoms with Crippen LogP contribution >= 0.6 is 0 Å². The molecule has 2 aromatic carbocycles. The smallest absolute Gasteiger partial charge is 0.00883 e. The van der Waals surface area contributed by atoms with Gasteiger partial charge in [-0.05, 0) is 46.9 Å². The van der Waals surface area contributed by atoms with Crippen molar-refractivity contribution in [2.75, 3.05) is 0 Å². The molecule has 0 saturated heterocycles. The summed E-state index contributed by atoms with van der Waals surface area (Å²) in [6, 6.07) is 15.2. The number of benzene rings is 2. The van der Waals surface area contributed by atoms with Crippen molar-refractivity contribution >= 4 is 16.3 Å². The van der Waals surface area contributed by atoms with E-state index in [0.29, 0.717) is 0 Å². The second-order valence-electron chi connectivity index (χ2n) is 4.59. The Balaban J connectivity index is 0.000000704. The van der Waals surface area contributed by atoms with E-state index in [4.69, 9.17) is 0 Å². The van der Waals surface area contributed by atoms with E-state index in [1.165, 1.54) is 27.5 Å². The molecule has 0 spiro atoms. The SMILES string of the molecule is C/C=C(\C1=CC=CC1)c1ccc2ccccc2c1.C=C. The van der Waals surface area contributed by atoms with Crippen molar-refractivity contribution in [3.63, 3.8) is 0 Å². The maximum absolute atomic E-state index is 3.00. The van der Waals surface area contributed by atoms with E-state index in [1.54, 1.807) is 0 Å². The summed E-state index contributed by atoms with van der Waals surface area (Å²) in [5.74, 6) is 0. The number of hydrogen-bond donors (Lipinski definition) is 0. The minimum absolute atomic E-state index is 1.05. The van der Waals surface area contributed by atoms with Gasteiger partial charge in [0.15, 0.2) is 0 Å². The van der Waals surface area contributed by atoms with Crippen LogP contribution in [0.5, 0.6) is 0 Å². The van der Waals surface area contributed by atoms with Crippen LogP contribution in [0.3, 0.4) is 0 Å². The van der Waals surface area contributed by atoms with Gasteiger partial charge in [-0.15, -0.1) is 13.2 Å². The molecule has 3 rings (SSSR count). The van der Waals surface area contributed by atoms with Crippen LogP contribution < -0.4 is 0 Å². The highest BCUT2D eigenvalue weighted by atomic mass is 14.1. The number of allylic oxidation sites excluding steroid dienone is 6. The fourth-order valence-electron chi connectivity index (χ4n) is 2.54. The molecule has 0 saturated carbocycles. The van der Waals surface area contributed by atoms with Gasteiger partial charge < -0.3 is 0 Å².